The Kier molecular flexibility index (Phi) is 23.5. The van der Waals surface area contributed by atoms with Crippen molar-refractivity contribution < 1.29 is 23.9 Å². The summed E-state index contributed by atoms with van der Waals surface area (Å²) in [5.41, 5.74) is 11.5. The number of aromatic nitrogens is 16. The van der Waals surface area contributed by atoms with E-state index in [1.807, 2.05) is 225 Å². The molecule has 600 valence electrons. The molecule has 119 heavy (non-hydrogen) atoms. The molecule has 3 N–H and O–H groups in total. The van der Waals surface area contributed by atoms with Gasteiger partial charge in [0, 0.05) is 116 Å². The highest BCUT2D eigenvalue weighted by molar-refractivity contribution is 6.03. The van der Waals surface area contributed by atoms with E-state index in [-0.39, 0.29) is 66.6 Å². The van der Waals surface area contributed by atoms with E-state index >= 15 is 0 Å². The molecule has 3 amide bonds. The Morgan fingerprint density at radius 2 is 0.782 bits per heavy atom. The molecule has 3 atom stereocenters. The first kappa shape index (κ1) is 80.7. The Morgan fingerprint density at radius 3 is 1.17 bits per heavy atom. The lowest BCUT2D eigenvalue weighted by molar-refractivity contribution is -0.121. The number of carbonyl (C=O) groups is 4. The average Bonchev–Trinajstić information content (AvgIpc) is 1.54. The minimum atomic E-state index is -0.529. The Balaban J connectivity index is 0.000000146. The van der Waals surface area contributed by atoms with Crippen molar-refractivity contribution in [3.8, 4) is 22.8 Å². The molecule has 11 heterocycles. The summed E-state index contributed by atoms with van der Waals surface area (Å²) in [6, 6.07) is 54.8. The summed E-state index contributed by atoms with van der Waals surface area (Å²) >= 11 is 0. The molecule has 0 saturated carbocycles. The van der Waals surface area contributed by atoms with Crippen LogP contribution in [-0.2, 0) is 44.8 Å². The van der Waals surface area contributed by atoms with Crippen molar-refractivity contribution in [2.75, 3.05) is 0 Å². The predicted octanol–water partition coefficient (Wildman–Crippen LogP) is 13.7. The number of aryl methyl sites for hydroxylation is 7. The highest BCUT2D eigenvalue weighted by atomic mass is 16.5. The van der Waals surface area contributed by atoms with Gasteiger partial charge in [-0.25, -0.2) is 28.5 Å². The number of rotatable bonds is 21. The maximum absolute atomic E-state index is 14.2. The van der Waals surface area contributed by atoms with Gasteiger partial charge in [-0.15, -0.1) is 0 Å². The second kappa shape index (κ2) is 34.7. The molecule has 0 aliphatic heterocycles. The maximum atomic E-state index is 14.2. The Hall–Kier alpha value is -14.9. The van der Waals surface area contributed by atoms with Crippen molar-refractivity contribution >= 4 is 72.8 Å². The van der Waals surface area contributed by atoms with Crippen molar-refractivity contribution in [2.24, 2.45) is 20.0 Å². The molecule has 0 spiro atoms. The number of benzene rings is 6. The van der Waals surface area contributed by atoms with E-state index in [0.29, 0.717) is 118 Å². The maximum Gasteiger partial charge on any atom is 0.267 e. The Bertz CT molecular complexity index is 6590. The van der Waals surface area contributed by atoms with Crippen LogP contribution >= 0.6 is 0 Å². The summed E-state index contributed by atoms with van der Waals surface area (Å²) in [5, 5.41) is 34.8. The SMILES string of the molecule is C.Cc1nn2cccnc2c1C(=O)N[C@@H](C)c1cc2cccc(CC(=O)C(C)C)c2c(=O)n1-c1ccccc1.Cc1nn2cccnc2c1C(=O)N[C@@H](C)c1cc2cccc(CCc3cnn(C)c3)c2c(=O)n1-c1ccccc1.Cc1nn2cccnc2c1C(=O)N[C@@H](C)c1cc2cccc(OCc3cnn(C)c3)c2c(=O)n1-c1ccccc1. The van der Waals surface area contributed by atoms with Gasteiger partial charge in [-0.3, -0.25) is 56.6 Å². The van der Waals surface area contributed by atoms with Gasteiger partial charge < -0.3 is 20.7 Å². The first-order valence-electron chi connectivity index (χ1n) is 38.7. The molecule has 0 unspecified atom stereocenters. The number of fused-ring (bicyclic) bond motifs is 6. The largest absolute Gasteiger partial charge is 0.488 e. The Morgan fingerprint density at radius 1 is 0.420 bits per heavy atom. The van der Waals surface area contributed by atoms with Crippen LogP contribution in [0.2, 0.25) is 0 Å². The minimum absolute atomic E-state index is 0. The van der Waals surface area contributed by atoms with E-state index in [1.165, 1.54) is 0 Å². The standard InChI is InChI=1S/C31H29N7O2.C30H27N7O3.C30H29N5O3.CH4/c1-20(34-30(39)27-21(2)35-37-16-8-15-32-29(27)37)26-17-24-10-7-9-23(14-13-22-18-33-36(3)19-22)28(24)31(40)38(26)25-11-5-4-6-12-25;1-19(33-29(38)26-20(2)34-36-14-8-13-31-28(26)36)24-15-22-9-7-12-25(40-18-21-16-32-35(3)17-21)27(22)30(39)37(24)23-10-5-4-6-11-23;1-18(2)25(36)17-22-11-8-10-21-16-24(35(30(38)27(21)22)23-12-6-5-7-13-23)19(3)32-29(37)26-20(4)33-34-15-9-14-31-28(26)34;/h4-12,15-20H,13-14H2,1-3H3,(H,34,39);4-17,19H,18H2,1-3H3,(H,33,38);5-16,18-19H,17H2,1-4H3,(H,32,37);1H4/t20-;2*19-;/m000./s1. The van der Waals surface area contributed by atoms with Gasteiger partial charge in [0.2, 0.25) is 0 Å². The van der Waals surface area contributed by atoms with Gasteiger partial charge in [0.15, 0.2) is 16.9 Å². The number of hydrogen-bond acceptors (Lipinski definition) is 16. The van der Waals surface area contributed by atoms with Crippen LogP contribution in [0.5, 0.6) is 5.75 Å². The third-order valence-corrected chi connectivity index (χ3v) is 20.8. The molecule has 17 rings (SSSR count). The normalized spacial score (nSPS) is 12.1. The van der Waals surface area contributed by atoms with E-state index in [1.54, 1.807) is 125 Å². The molecule has 6 aromatic carbocycles. The van der Waals surface area contributed by atoms with Crippen LogP contribution in [0.4, 0.5) is 0 Å². The molecular weight excluding hydrogens is 1500 g/mol. The molecule has 0 aliphatic carbocycles. The summed E-state index contributed by atoms with van der Waals surface area (Å²) in [4.78, 5) is 109. The fraction of sp³-hybridized carbons (Fsp3) is 0.207. The lowest BCUT2D eigenvalue weighted by Crippen LogP contribution is -2.32. The second-order valence-electron chi connectivity index (χ2n) is 29.4. The number of para-hydroxylation sites is 3. The van der Waals surface area contributed by atoms with E-state index in [2.05, 4.69) is 56.4 Å². The average molecular weight is 1590 g/mol. The van der Waals surface area contributed by atoms with Crippen molar-refractivity contribution in [3.05, 3.63) is 348 Å². The zero-order chi connectivity index (χ0) is 82.6. The Labute approximate surface area is 683 Å². The second-order valence-corrected chi connectivity index (χ2v) is 29.4. The fourth-order valence-electron chi connectivity index (χ4n) is 15.0. The monoisotopic (exact) mass is 1590 g/mol. The van der Waals surface area contributed by atoms with Crippen LogP contribution in [0.25, 0.3) is 66.3 Å². The first-order chi connectivity index (χ1) is 57.1. The predicted molar refractivity (Wildman–Crippen MR) is 458 cm³/mol. The van der Waals surface area contributed by atoms with Gasteiger partial charge in [0.05, 0.1) is 63.8 Å². The summed E-state index contributed by atoms with van der Waals surface area (Å²) in [6.45, 7) is 14.9. The molecule has 11 aromatic heterocycles. The number of ether oxygens (including phenoxy) is 1. The van der Waals surface area contributed by atoms with Gasteiger partial charge in [-0.2, -0.15) is 25.5 Å². The summed E-state index contributed by atoms with van der Waals surface area (Å²) in [7, 11) is 3.74. The molecular formula is C92H89N19O8. The van der Waals surface area contributed by atoms with Gasteiger partial charge in [0.1, 0.15) is 34.8 Å². The number of pyridine rings is 3. The molecule has 0 fully saturated rings. The van der Waals surface area contributed by atoms with E-state index < -0.39 is 18.1 Å². The topological polar surface area (TPSA) is 306 Å². The fourth-order valence-corrected chi connectivity index (χ4v) is 15.0. The molecule has 0 aliphatic rings. The molecule has 27 nitrogen and oxygen atoms in total. The van der Waals surface area contributed by atoms with Crippen LogP contribution in [0.1, 0.15) is 148 Å². The van der Waals surface area contributed by atoms with Crippen LogP contribution in [0.15, 0.2) is 258 Å². The summed E-state index contributed by atoms with van der Waals surface area (Å²) in [6.07, 6.45) is 19.3. The highest BCUT2D eigenvalue weighted by Crippen LogP contribution is 2.32. The number of nitrogens with zero attached hydrogens (tertiary/aromatic N) is 16. The minimum Gasteiger partial charge on any atom is -0.488 e. The van der Waals surface area contributed by atoms with Gasteiger partial charge in [0.25, 0.3) is 34.4 Å². The first-order valence-corrected chi connectivity index (χ1v) is 38.7. The quantitative estimate of drug-likeness (QED) is 0.0602. The molecule has 17 aromatic rings. The van der Waals surface area contributed by atoms with Crippen molar-refractivity contribution in [3.63, 3.8) is 0 Å². The molecule has 0 saturated heterocycles. The molecule has 0 radical (unpaired) electrons. The number of carbonyl (C=O) groups excluding carboxylic acids is 4. The summed E-state index contributed by atoms with van der Waals surface area (Å²) in [5.74, 6) is -0.519. The molecule has 0 bridgehead atoms. The lowest BCUT2D eigenvalue weighted by Gasteiger charge is -2.21. The van der Waals surface area contributed by atoms with Crippen LogP contribution < -0.4 is 37.4 Å². The third kappa shape index (κ3) is 16.6. The van der Waals surface area contributed by atoms with Crippen LogP contribution in [0, 0.1) is 26.7 Å². The van der Waals surface area contributed by atoms with E-state index in [4.69, 9.17) is 4.74 Å². The van der Waals surface area contributed by atoms with Crippen LogP contribution in [-0.4, -0.2) is 101 Å². The highest BCUT2D eigenvalue weighted by Gasteiger charge is 2.29. The number of hydrogen-bond donors (Lipinski definition) is 3. The van der Waals surface area contributed by atoms with Crippen LogP contribution in [0.3, 0.4) is 0 Å². The van der Waals surface area contributed by atoms with Gasteiger partial charge >= 0.3 is 0 Å². The van der Waals surface area contributed by atoms with Gasteiger partial charge in [-0.05, 0) is 166 Å². The smallest absolute Gasteiger partial charge is 0.267 e. The number of ketones is 1. The zero-order valence-electron chi connectivity index (χ0n) is 66.7. The van der Waals surface area contributed by atoms with E-state index in [0.717, 1.165) is 39.6 Å². The zero-order valence-corrected chi connectivity index (χ0v) is 66.7. The van der Waals surface area contributed by atoms with Crippen molar-refractivity contribution in [1.82, 2.24) is 93.0 Å². The lowest BCUT2D eigenvalue weighted by atomic mass is 9.96. The van der Waals surface area contributed by atoms with Crippen molar-refractivity contribution in [1.29, 1.82) is 0 Å². The number of nitrogens with one attached hydrogen (secondary N) is 3. The summed E-state index contributed by atoms with van der Waals surface area (Å²) < 4.78 is 19.3. The molecule has 27 heteroatoms. The van der Waals surface area contributed by atoms with Gasteiger partial charge in [-0.1, -0.05) is 124 Å². The van der Waals surface area contributed by atoms with Crippen molar-refractivity contribution in [2.45, 2.75) is 107 Å². The third-order valence-electron chi connectivity index (χ3n) is 20.8. The number of Topliss-reactive ketones (excluding diaryl/α,β-unsaturated/α-hetero) is 1. The van der Waals surface area contributed by atoms with E-state index in [9.17, 15) is 33.6 Å². The number of amides is 3.